The Labute approximate surface area is 126 Å². The lowest BCUT2D eigenvalue weighted by atomic mass is 9.81. The molecule has 5 nitrogen and oxygen atoms in total. The average molecular weight is 304 g/mol. The summed E-state index contributed by atoms with van der Waals surface area (Å²) in [5.41, 5.74) is 3.49. The van der Waals surface area contributed by atoms with Crippen LogP contribution in [0.1, 0.15) is 25.7 Å². The SMILES string of the molecule is O=C(O)C1CCC(C(=O)Nc2ccc3ncsc3c2)CC1. The number of aliphatic carboxylic acids is 1. The first-order valence-corrected chi connectivity index (χ1v) is 7.88. The number of rotatable bonds is 3. The molecule has 6 heteroatoms. The number of benzene rings is 1. The van der Waals surface area contributed by atoms with Gasteiger partial charge in [0.1, 0.15) is 0 Å². The number of carbonyl (C=O) groups excluding carboxylic acids is 1. The third-order valence-corrected chi connectivity index (χ3v) is 4.84. The van der Waals surface area contributed by atoms with E-state index >= 15 is 0 Å². The van der Waals surface area contributed by atoms with Gasteiger partial charge >= 0.3 is 5.97 Å². The van der Waals surface area contributed by atoms with Crippen LogP contribution in [-0.2, 0) is 9.59 Å². The van der Waals surface area contributed by atoms with Gasteiger partial charge in [0.2, 0.25) is 5.91 Å². The van der Waals surface area contributed by atoms with Gasteiger partial charge in [0.15, 0.2) is 0 Å². The van der Waals surface area contributed by atoms with Crippen molar-refractivity contribution in [1.29, 1.82) is 0 Å². The molecule has 0 spiro atoms. The van der Waals surface area contributed by atoms with Gasteiger partial charge in [-0.25, -0.2) is 4.98 Å². The number of amides is 1. The van der Waals surface area contributed by atoms with Gasteiger partial charge in [-0.15, -0.1) is 11.3 Å². The molecule has 0 saturated heterocycles. The van der Waals surface area contributed by atoms with Crippen LogP contribution in [-0.4, -0.2) is 22.0 Å². The van der Waals surface area contributed by atoms with E-state index in [4.69, 9.17) is 5.11 Å². The van der Waals surface area contributed by atoms with E-state index in [2.05, 4.69) is 10.3 Å². The molecule has 0 radical (unpaired) electrons. The number of hydrogen-bond acceptors (Lipinski definition) is 4. The van der Waals surface area contributed by atoms with E-state index in [1.54, 1.807) is 5.51 Å². The van der Waals surface area contributed by atoms with Gasteiger partial charge in [0.05, 0.1) is 21.6 Å². The summed E-state index contributed by atoms with van der Waals surface area (Å²) < 4.78 is 1.04. The number of nitrogens with zero attached hydrogens (tertiary/aromatic N) is 1. The van der Waals surface area contributed by atoms with Crippen LogP contribution in [0.5, 0.6) is 0 Å². The normalized spacial score (nSPS) is 22.1. The largest absolute Gasteiger partial charge is 0.481 e. The summed E-state index contributed by atoms with van der Waals surface area (Å²) in [4.78, 5) is 27.4. The maximum Gasteiger partial charge on any atom is 0.306 e. The van der Waals surface area contributed by atoms with Crippen LogP contribution < -0.4 is 5.32 Å². The predicted molar refractivity (Wildman–Crippen MR) is 81.3 cm³/mol. The molecule has 1 aromatic carbocycles. The van der Waals surface area contributed by atoms with E-state index in [1.807, 2.05) is 18.2 Å². The minimum atomic E-state index is -0.746. The molecule has 1 aromatic heterocycles. The number of aromatic nitrogens is 1. The number of carboxylic acid groups (broad SMARTS) is 1. The molecule has 21 heavy (non-hydrogen) atoms. The fourth-order valence-corrected chi connectivity index (χ4v) is 3.50. The monoisotopic (exact) mass is 304 g/mol. The standard InChI is InChI=1S/C15H16N2O3S/c18-14(9-1-3-10(4-2-9)15(19)20)17-11-5-6-12-13(7-11)21-8-16-12/h5-10H,1-4H2,(H,17,18)(H,19,20). The molecule has 0 bridgehead atoms. The summed E-state index contributed by atoms with van der Waals surface area (Å²) in [5.74, 6) is -1.13. The van der Waals surface area contributed by atoms with E-state index in [1.165, 1.54) is 11.3 Å². The molecule has 1 fully saturated rings. The topological polar surface area (TPSA) is 79.3 Å². The number of carbonyl (C=O) groups is 2. The summed E-state index contributed by atoms with van der Waals surface area (Å²) in [6.45, 7) is 0. The van der Waals surface area contributed by atoms with Gasteiger partial charge in [-0.3, -0.25) is 9.59 Å². The third kappa shape index (κ3) is 3.05. The fraction of sp³-hybridized carbons (Fsp3) is 0.400. The number of thiazole rings is 1. The van der Waals surface area contributed by atoms with Crippen molar-refractivity contribution in [1.82, 2.24) is 4.98 Å². The van der Waals surface area contributed by atoms with Gasteiger partial charge in [-0.2, -0.15) is 0 Å². The van der Waals surface area contributed by atoms with Gasteiger partial charge < -0.3 is 10.4 Å². The highest BCUT2D eigenvalue weighted by Gasteiger charge is 2.29. The minimum absolute atomic E-state index is 0.0114. The van der Waals surface area contributed by atoms with Crippen molar-refractivity contribution in [2.24, 2.45) is 11.8 Å². The van der Waals surface area contributed by atoms with E-state index in [9.17, 15) is 9.59 Å². The second-order valence-electron chi connectivity index (χ2n) is 5.41. The Morgan fingerprint density at radius 1 is 1.19 bits per heavy atom. The quantitative estimate of drug-likeness (QED) is 0.913. The van der Waals surface area contributed by atoms with Crippen molar-refractivity contribution in [3.8, 4) is 0 Å². The van der Waals surface area contributed by atoms with Crippen LogP contribution in [0.3, 0.4) is 0 Å². The van der Waals surface area contributed by atoms with Crippen molar-refractivity contribution >= 4 is 39.1 Å². The molecule has 1 aliphatic rings. The zero-order valence-electron chi connectivity index (χ0n) is 11.4. The Balaban J connectivity index is 1.62. The zero-order chi connectivity index (χ0) is 14.8. The minimum Gasteiger partial charge on any atom is -0.481 e. The smallest absolute Gasteiger partial charge is 0.306 e. The highest BCUT2D eigenvalue weighted by Crippen LogP contribution is 2.30. The van der Waals surface area contributed by atoms with Crippen molar-refractivity contribution in [3.63, 3.8) is 0 Å². The molecule has 1 aliphatic carbocycles. The summed E-state index contributed by atoms with van der Waals surface area (Å²) in [6, 6.07) is 5.67. The second-order valence-corrected chi connectivity index (χ2v) is 6.30. The predicted octanol–water partition coefficient (Wildman–Crippen LogP) is 3.13. The number of anilines is 1. The highest BCUT2D eigenvalue weighted by molar-refractivity contribution is 7.16. The highest BCUT2D eigenvalue weighted by atomic mass is 32.1. The molecule has 3 rings (SSSR count). The molecule has 0 atom stereocenters. The molecule has 1 saturated carbocycles. The van der Waals surface area contributed by atoms with Crippen LogP contribution in [0.2, 0.25) is 0 Å². The van der Waals surface area contributed by atoms with Gasteiger partial charge in [0.25, 0.3) is 0 Å². The Hall–Kier alpha value is -1.95. The molecule has 1 amide bonds. The number of fused-ring (bicyclic) bond motifs is 1. The van der Waals surface area contributed by atoms with Crippen LogP contribution in [0.15, 0.2) is 23.7 Å². The van der Waals surface area contributed by atoms with Crippen molar-refractivity contribution < 1.29 is 14.7 Å². The first kappa shape index (κ1) is 14.0. The molecule has 2 N–H and O–H groups in total. The van der Waals surface area contributed by atoms with Gasteiger partial charge in [-0.05, 0) is 43.9 Å². The lowest BCUT2D eigenvalue weighted by Crippen LogP contribution is -2.29. The zero-order valence-corrected chi connectivity index (χ0v) is 12.2. The third-order valence-electron chi connectivity index (χ3n) is 4.05. The Morgan fingerprint density at radius 3 is 2.62 bits per heavy atom. The van der Waals surface area contributed by atoms with Crippen LogP contribution in [0.25, 0.3) is 10.2 Å². The molecule has 0 unspecified atom stereocenters. The van der Waals surface area contributed by atoms with Crippen molar-refractivity contribution in [3.05, 3.63) is 23.7 Å². The van der Waals surface area contributed by atoms with E-state index in [0.29, 0.717) is 25.7 Å². The van der Waals surface area contributed by atoms with E-state index in [-0.39, 0.29) is 17.7 Å². The first-order chi connectivity index (χ1) is 10.1. The molecular formula is C15H16N2O3S. The Kier molecular flexibility index (Phi) is 3.88. The lowest BCUT2D eigenvalue weighted by molar-refractivity contribution is -0.143. The summed E-state index contributed by atoms with van der Waals surface area (Å²) >= 11 is 1.54. The molecule has 110 valence electrons. The maximum absolute atomic E-state index is 12.2. The molecular weight excluding hydrogens is 288 g/mol. The van der Waals surface area contributed by atoms with Gasteiger partial charge in [-0.1, -0.05) is 0 Å². The van der Waals surface area contributed by atoms with Crippen molar-refractivity contribution in [2.75, 3.05) is 5.32 Å². The fourth-order valence-electron chi connectivity index (χ4n) is 2.78. The number of hydrogen-bond donors (Lipinski definition) is 2. The molecule has 0 aliphatic heterocycles. The van der Waals surface area contributed by atoms with E-state index in [0.717, 1.165) is 15.9 Å². The van der Waals surface area contributed by atoms with Gasteiger partial charge in [0, 0.05) is 11.6 Å². The van der Waals surface area contributed by atoms with Crippen LogP contribution >= 0.6 is 11.3 Å². The van der Waals surface area contributed by atoms with Crippen LogP contribution in [0.4, 0.5) is 5.69 Å². The first-order valence-electron chi connectivity index (χ1n) is 7.00. The maximum atomic E-state index is 12.2. The Bertz CT molecular complexity index is 674. The number of nitrogens with one attached hydrogen (secondary N) is 1. The van der Waals surface area contributed by atoms with Crippen LogP contribution in [0, 0.1) is 11.8 Å². The Morgan fingerprint density at radius 2 is 1.90 bits per heavy atom. The summed E-state index contributed by atoms with van der Waals surface area (Å²) in [5, 5.41) is 11.9. The lowest BCUT2D eigenvalue weighted by Gasteiger charge is -2.25. The number of carboxylic acids is 1. The molecule has 2 aromatic rings. The molecule has 1 heterocycles. The summed E-state index contributed by atoms with van der Waals surface area (Å²) in [7, 11) is 0. The second kappa shape index (κ2) is 5.81. The summed E-state index contributed by atoms with van der Waals surface area (Å²) in [6.07, 6.45) is 2.46. The van der Waals surface area contributed by atoms with E-state index < -0.39 is 5.97 Å². The van der Waals surface area contributed by atoms with Crippen molar-refractivity contribution in [2.45, 2.75) is 25.7 Å². The average Bonchev–Trinajstić information content (AvgIpc) is 2.95.